The van der Waals surface area contributed by atoms with Crippen molar-refractivity contribution in [2.24, 2.45) is 0 Å². The minimum Gasteiger partial charge on any atom is -0.493 e. The van der Waals surface area contributed by atoms with Crippen LogP contribution in [0.4, 0.5) is 5.69 Å². The molecule has 0 atom stereocenters. The lowest BCUT2D eigenvalue weighted by Crippen LogP contribution is -2.37. The zero-order valence-corrected chi connectivity index (χ0v) is 20.1. The van der Waals surface area contributed by atoms with Crippen molar-refractivity contribution < 1.29 is 23.8 Å². The number of nitrogens with one attached hydrogen (secondary N) is 1. The number of benzene rings is 2. The van der Waals surface area contributed by atoms with Gasteiger partial charge < -0.3 is 24.4 Å². The summed E-state index contributed by atoms with van der Waals surface area (Å²) in [6.07, 6.45) is 1.48. The molecule has 3 aromatic rings. The number of carbonyl (C=O) groups is 2. The molecule has 1 saturated heterocycles. The summed E-state index contributed by atoms with van der Waals surface area (Å²) in [6.45, 7) is 1.15. The summed E-state index contributed by atoms with van der Waals surface area (Å²) in [5.74, 6) is 1.11. The van der Waals surface area contributed by atoms with Gasteiger partial charge in [0.2, 0.25) is 10.8 Å². The number of nitrogens with zero attached hydrogens (tertiary/aromatic N) is 3. The van der Waals surface area contributed by atoms with E-state index in [1.807, 2.05) is 30.3 Å². The molecule has 4 rings (SSSR count). The second-order valence-electron chi connectivity index (χ2n) is 7.75. The first-order chi connectivity index (χ1) is 16.5. The van der Waals surface area contributed by atoms with Gasteiger partial charge >= 0.3 is 0 Å². The summed E-state index contributed by atoms with van der Waals surface area (Å²) in [5.41, 5.74) is 1.19. The van der Waals surface area contributed by atoms with Gasteiger partial charge in [-0.15, -0.1) is 10.2 Å². The predicted octanol–water partition coefficient (Wildman–Crippen LogP) is 3.84. The fourth-order valence-electron chi connectivity index (χ4n) is 3.91. The summed E-state index contributed by atoms with van der Waals surface area (Å²) < 4.78 is 16.1. The van der Waals surface area contributed by atoms with Gasteiger partial charge in [0.25, 0.3) is 11.8 Å². The molecule has 0 radical (unpaired) electrons. The third kappa shape index (κ3) is 4.96. The zero-order valence-electron chi connectivity index (χ0n) is 19.2. The quantitative estimate of drug-likeness (QED) is 0.546. The summed E-state index contributed by atoms with van der Waals surface area (Å²) in [7, 11) is 4.57. The average Bonchev–Trinajstić information content (AvgIpc) is 3.38. The van der Waals surface area contributed by atoms with E-state index < -0.39 is 0 Å². The minimum atomic E-state index is -0.273. The van der Waals surface area contributed by atoms with E-state index in [4.69, 9.17) is 14.2 Å². The van der Waals surface area contributed by atoms with Crippen LogP contribution in [0.25, 0.3) is 0 Å². The summed E-state index contributed by atoms with van der Waals surface area (Å²) in [4.78, 5) is 27.4. The van der Waals surface area contributed by atoms with Gasteiger partial charge in [-0.3, -0.25) is 9.59 Å². The molecular formula is C24H26N4O5S. The fraction of sp³-hybridized carbons (Fsp3) is 0.333. The molecule has 0 unspecified atom stereocenters. The van der Waals surface area contributed by atoms with Gasteiger partial charge in [0.15, 0.2) is 11.5 Å². The van der Waals surface area contributed by atoms with E-state index in [9.17, 15) is 9.59 Å². The van der Waals surface area contributed by atoms with Gasteiger partial charge in [-0.2, -0.15) is 0 Å². The number of ether oxygens (including phenoxy) is 3. The zero-order chi connectivity index (χ0) is 24.1. The lowest BCUT2D eigenvalue weighted by Gasteiger charge is -2.31. The van der Waals surface area contributed by atoms with Crippen LogP contribution in [0.3, 0.4) is 0 Å². The van der Waals surface area contributed by atoms with Gasteiger partial charge in [0.1, 0.15) is 5.01 Å². The van der Waals surface area contributed by atoms with Crippen LogP contribution in [0, 0.1) is 0 Å². The molecule has 34 heavy (non-hydrogen) atoms. The minimum absolute atomic E-state index is 0.0992. The second-order valence-corrected chi connectivity index (χ2v) is 8.76. The van der Waals surface area contributed by atoms with Crippen molar-refractivity contribution in [1.29, 1.82) is 0 Å². The maximum atomic E-state index is 13.1. The first kappa shape index (κ1) is 23.5. The van der Waals surface area contributed by atoms with Crippen LogP contribution in [0.2, 0.25) is 0 Å². The topological polar surface area (TPSA) is 103 Å². The number of piperidine rings is 1. The van der Waals surface area contributed by atoms with Crippen LogP contribution in [0.1, 0.15) is 43.9 Å². The molecule has 0 spiro atoms. The van der Waals surface area contributed by atoms with E-state index in [0.29, 0.717) is 46.6 Å². The van der Waals surface area contributed by atoms with Gasteiger partial charge in [0, 0.05) is 30.3 Å². The van der Waals surface area contributed by atoms with Gasteiger partial charge in [-0.05, 0) is 37.1 Å². The fourth-order valence-corrected chi connectivity index (χ4v) is 4.82. The SMILES string of the molecule is COc1cc(C(=O)N2CCC(c3nnc(C(=O)Nc4ccccc4)s3)CC2)cc(OC)c1OC. The van der Waals surface area contributed by atoms with Crippen LogP contribution < -0.4 is 19.5 Å². The maximum Gasteiger partial charge on any atom is 0.286 e. The molecular weight excluding hydrogens is 456 g/mol. The number of hydrogen-bond donors (Lipinski definition) is 1. The maximum absolute atomic E-state index is 13.1. The Balaban J connectivity index is 1.39. The first-order valence-electron chi connectivity index (χ1n) is 10.8. The number of likely N-dealkylation sites (tertiary alicyclic amines) is 1. The monoisotopic (exact) mass is 482 g/mol. The third-order valence-corrected chi connectivity index (χ3v) is 6.79. The molecule has 1 fully saturated rings. The Labute approximate surface area is 201 Å². The van der Waals surface area contributed by atoms with Gasteiger partial charge in [-0.25, -0.2) is 0 Å². The predicted molar refractivity (Wildman–Crippen MR) is 128 cm³/mol. The Bertz CT molecular complexity index is 1130. The number of carbonyl (C=O) groups excluding carboxylic acids is 2. The van der Waals surface area contributed by atoms with Crippen LogP contribution in [-0.2, 0) is 0 Å². The van der Waals surface area contributed by atoms with E-state index in [-0.39, 0.29) is 17.7 Å². The van der Waals surface area contributed by atoms with Crippen LogP contribution >= 0.6 is 11.3 Å². The number of hydrogen-bond acceptors (Lipinski definition) is 8. The molecule has 0 bridgehead atoms. The van der Waals surface area contributed by atoms with E-state index in [2.05, 4.69) is 15.5 Å². The second kappa shape index (κ2) is 10.5. The van der Waals surface area contributed by atoms with E-state index >= 15 is 0 Å². The molecule has 1 aliphatic heterocycles. The molecule has 9 nitrogen and oxygen atoms in total. The lowest BCUT2D eigenvalue weighted by atomic mass is 9.97. The summed E-state index contributed by atoms with van der Waals surface area (Å²) in [5, 5.41) is 12.3. The molecule has 178 valence electrons. The highest BCUT2D eigenvalue weighted by Crippen LogP contribution is 2.39. The Hall–Kier alpha value is -3.66. The average molecular weight is 483 g/mol. The van der Waals surface area contributed by atoms with Crippen molar-refractivity contribution >= 4 is 28.8 Å². The molecule has 2 heterocycles. The molecule has 0 aliphatic carbocycles. The number of anilines is 1. The van der Waals surface area contributed by atoms with Crippen molar-refractivity contribution in [1.82, 2.24) is 15.1 Å². The van der Waals surface area contributed by atoms with Gasteiger partial charge in [0.05, 0.1) is 21.3 Å². The van der Waals surface area contributed by atoms with E-state index in [1.54, 1.807) is 17.0 Å². The first-order valence-corrected chi connectivity index (χ1v) is 11.6. The van der Waals surface area contributed by atoms with Crippen molar-refractivity contribution in [2.75, 3.05) is 39.7 Å². The number of para-hydroxylation sites is 1. The molecule has 1 aliphatic rings. The van der Waals surface area contributed by atoms with Crippen molar-refractivity contribution in [3.05, 3.63) is 58.0 Å². The normalized spacial score (nSPS) is 13.9. The highest BCUT2D eigenvalue weighted by atomic mass is 32.1. The van der Waals surface area contributed by atoms with Crippen LogP contribution in [-0.4, -0.2) is 61.3 Å². The van der Waals surface area contributed by atoms with Crippen LogP contribution in [0.5, 0.6) is 17.2 Å². The Morgan fingerprint density at radius 1 is 0.971 bits per heavy atom. The molecule has 2 aromatic carbocycles. The number of methoxy groups -OCH3 is 3. The van der Waals surface area contributed by atoms with Crippen molar-refractivity contribution in [2.45, 2.75) is 18.8 Å². The Kier molecular flexibility index (Phi) is 7.27. The number of aromatic nitrogens is 2. The Morgan fingerprint density at radius 3 is 2.21 bits per heavy atom. The smallest absolute Gasteiger partial charge is 0.286 e. The molecule has 1 N–H and O–H groups in total. The highest BCUT2D eigenvalue weighted by molar-refractivity contribution is 7.13. The highest BCUT2D eigenvalue weighted by Gasteiger charge is 2.28. The van der Waals surface area contributed by atoms with Crippen molar-refractivity contribution in [3.63, 3.8) is 0 Å². The number of rotatable bonds is 7. The molecule has 10 heteroatoms. The Morgan fingerprint density at radius 2 is 1.62 bits per heavy atom. The molecule has 1 aromatic heterocycles. The van der Waals surface area contributed by atoms with Crippen LogP contribution in [0.15, 0.2) is 42.5 Å². The van der Waals surface area contributed by atoms with E-state index in [0.717, 1.165) is 17.8 Å². The largest absolute Gasteiger partial charge is 0.493 e. The number of amides is 2. The lowest BCUT2D eigenvalue weighted by molar-refractivity contribution is 0.0711. The molecule has 0 saturated carbocycles. The standard InChI is InChI=1S/C24H26N4O5S/c1-31-18-13-16(14-19(32-2)20(18)33-3)24(30)28-11-9-15(10-12-28)22-26-27-23(34-22)21(29)25-17-7-5-4-6-8-17/h4-8,13-15H,9-12H2,1-3H3,(H,25,29). The molecule has 2 amide bonds. The van der Waals surface area contributed by atoms with E-state index in [1.165, 1.54) is 32.7 Å². The van der Waals surface area contributed by atoms with Crippen molar-refractivity contribution in [3.8, 4) is 17.2 Å². The third-order valence-electron chi connectivity index (χ3n) is 5.71. The summed E-state index contributed by atoms with van der Waals surface area (Å²) >= 11 is 1.30. The van der Waals surface area contributed by atoms with Gasteiger partial charge in [-0.1, -0.05) is 29.5 Å². The summed E-state index contributed by atoms with van der Waals surface area (Å²) in [6, 6.07) is 12.6.